The predicted octanol–water partition coefficient (Wildman–Crippen LogP) is 0.361. The van der Waals surface area contributed by atoms with E-state index in [1.165, 1.54) is 0 Å². The minimum atomic E-state index is -0.389. The third kappa shape index (κ3) is 9.54. The summed E-state index contributed by atoms with van der Waals surface area (Å²) >= 11 is 0. The van der Waals surface area contributed by atoms with Gasteiger partial charge in [-0.25, -0.2) is 19.6 Å². The average molecular weight is 432 g/mol. The summed E-state index contributed by atoms with van der Waals surface area (Å²) < 4.78 is 0. The van der Waals surface area contributed by atoms with Gasteiger partial charge in [-0.05, 0) is 39.8 Å². The lowest BCUT2D eigenvalue weighted by atomic mass is 10.4. The summed E-state index contributed by atoms with van der Waals surface area (Å²) in [4.78, 5) is 39.7. The summed E-state index contributed by atoms with van der Waals surface area (Å²) in [5, 5.41) is 13.8. The fourth-order valence-electron chi connectivity index (χ4n) is 2.54. The van der Waals surface area contributed by atoms with Crippen LogP contribution in [0.1, 0.15) is 24.2 Å². The van der Waals surface area contributed by atoms with Crippen molar-refractivity contribution in [3.8, 4) is 0 Å². The van der Waals surface area contributed by atoms with Crippen molar-refractivity contribution in [3.05, 3.63) is 23.5 Å². The largest absolute Gasteiger partial charge is 0.384 e. The number of hydrogen-bond donors (Lipinski definition) is 7. The number of nitrogens with two attached hydrogens (primary N) is 2. The molecule has 2 rings (SSSR count). The highest BCUT2D eigenvalue weighted by atomic mass is 16.2. The molecule has 0 saturated heterocycles. The van der Waals surface area contributed by atoms with Crippen LogP contribution in [-0.4, -0.2) is 58.2 Å². The van der Waals surface area contributed by atoms with E-state index in [0.717, 1.165) is 25.9 Å². The Morgan fingerprint density at radius 2 is 1.16 bits per heavy atom. The third-order valence-corrected chi connectivity index (χ3v) is 3.83. The third-order valence-electron chi connectivity index (χ3n) is 3.83. The van der Waals surface area contributed by atoms with Crippen LogP contribution < -0.4 is 38.1 Å². The lowest BCUT2D eigenvalue weighted by Crippen LogP contribution is -2.33. The Morgan fingerprint density at radius 1 is 0.742 bits per heavy atom. The smallest absolute Gasteiger partial charge is 0.321 e. The fraction of sp³-hybridized carbons (Fsp3) is 0.444. The molecule has 0 saturated carbocycles. The molecule has 168 valence electrons. The zero-order valence-corrected chi connectivity index (χ0v) is 17.7. The van der Waals surface area contributed by atoms with Gasteiger partial charge in [0.15, 0.2) is 0 Å². The normalized spacial score (nSPS) is 10.4. The molecule has 2 aromatic heterocycles. The standard InChI is InChI=1S/C18H29N11O2/c1-11-9-13(19)26-15(24-11)28-17(30)22-7-3-5-21-6-4-8-23-18(31)29-16-25-12(2)10-14(20)27-16/h9-10,21H,3-8H2,1-2H3,(H4,19,22,24,26,28,30)(H4,20,23,25,27,29,31). The summed E-state index contributed by atoms with van der Waals surface area (Å²) in [5.74, 6) is 0.934. The summed E-state index contributed by atoms with van der Waals surface area (Å²) in [5.41, 5.74) is 12.6. The maximum absolute atomic E-state index is 11.8. The van der Waals surface area contributed by atoms with Crippen molar-refractivity contribution in [1.82, 2.24) is 35.9 Å². The Bertz CT molecular complexity index is 779. The molecule has 2 aromatic rings. The second kappa shape index (κ2) is 12.1. The first-order valence-corrected chi connectivity index (χ1v) is 9.84. The van der Waals surface area contributed by atoms with Gasteiger partial charge >= 0.3 is 12.1 Å². The first-order valence-electron chi connectivity index (χ1n) is 9.84. The number of rotatable bonds is 10. The molecule has 0 unspecified atom stereocenters. The molecule has 0 aromatic carbocycles. The molecule has 0 fully saturated rings. The molecule has 0 aliphatic heterocycles. The number of anilines is 4. The molecule has 0 atom stereocenters. The van der Waals surface area contributed by atoms with Gasteiger partial charge in [0.05, 0.1) is 0 Å². The summed E-state index contributed by atoms with van der Waals surface area (Å²) in [7, 11) is 0. The molecule has 0 bridgehead atoms. The van der Waals surface area contributed by atoms with Crippen LogP contribution in [-0.2, 0) is 0 Å². The van der Waals surface area contributed by atoms with E-state index < -0.39 is 0 Å². The summed E-state index contributed by atoms with van der Waals surface area (Å²) in [6, 6.07) is 2.45. The van der Waals surface area contributed by atoms with Crippen molar-refractivity contribution in [3.63, 3.8) is 0 Å². The average Bonchev–Trinajstić information content (AvgIpc) is 2.65. The van der Waals surface area contributed by atoms with Crippen molar-refractivity contribution in [2.75, 3.05) is 48.3 Å². The Morgan fingerprint density at radius 3 is 1.55 bits per heavy atom. The molecule has 4 amide bonds. The van der Waals surface area contributed by atoms with E-state index in [2.05, 4.69) is 46.5 Å². The van der Waals surface area contributed by atoms with Gasteiger partial charge in [0.1, 0.15) is 11.6 Å². The van der Waals surface area contributed by atoms with Gasteiger partial charge in [0.25, 0.3) is 0 Å². The van der Waals surface area contributed by atoms with Gasteiger partial charge < -0.3 is 27.4 Å². The van der Waals surface area contributed by atoms with E-state index in [-0.39, 0.29) is 24.0 Å². The summed E-state index contributed by atoms with van der Waals surface area (Å²) in [6.45, 7) is 5.95. The van der Waals surface area contributed by atoms with Crippen molar-refractivity contribution in [2.24, 2.45) is 0 Å². The maximum Gasteiger partial charge on any atom is 0.321 e. The molecule has 0 radical (unpaired) electrons. The van der Waals surface area contributed by atoms with E-state index in [0.29, 0.717) is 36.1 Å². The Kier molecular flexibility index (Phi) is 9.16. The van der Waals surface area contributed by atoms with E-state index in [1.807, 2.05) is 0 Å². The van der Waals surface area contributed by atoms with Gasteiger partial charge in [-0.15, -0.1) is 0 Å². The highest BCUT2D eigenvalue weighted by Gasteiger charge is 2.06. The van der Waals surface area contributed by atoms with Crippen molar-refractivity contribution in [1.29, 1.82) is 0 Å². The first kappa shape index (κ1) is 23.5. The Hall–Kier alpha value is -3.74. The quantitative estimate of drug-likeness (QED) is 0.260. The van der Waals surface area contributed by atoms with Crippen LogP contribution in [0.3, 0.4) is 0 Å². The van der Waals surface area contributed by atoms with Crippen LogP contribution in [0.25, 0.3) is 0 Å². The molecule has 31 heavy (non-hydrogen) atoms. The van der Waals surface area contributed by atoms with Crippen molar-refractivity contribution >= 4 is 35.6 Å². The van der Waals surface area contributed by atoms with E-state index in [1.54, 1.807) is 26.0 Å². The lowest BCUT2D eigenvalue weighted by Gasteiger charge is -2.09. The highest BCUT2D eigenvalue weighted by Crippen LogP contribution is 2.06. The fourth-order valence-corrected chi connectivity index (χ4v) is 2.54. The number of nitrogens with one attached hydrogen (secondary N) is 5. The van der Waals surface area contributed by atoms with E-state index in [4.69, 9.17) is 11.5 Å². The number of carbonyl (C=O) groups excluding carboxylic acids is 2. The molecule has 13 nitrogen and oxygen atoms in total. The highest BCUT2D eigenvalue weighted by molar-refractivity contribution is 5.87. The number of nitrogens with zero attached hydrogens (tertiary/aromatic N) is 4. The van der Waals surface area contributed by atoms with Crippen LogP contribution in [0, 0.1) is 13.8 Å². The molecule has 0 aliphatic rings. The number of urea groups is 2. The first-order chi connectivity index (χ1) is 14.8. The second-order valence-corrected chi connectivity index (χ2v) is 6.73. The van der Waals surface area contributed by atoms with Crippen molar-refractivity contribution < 1.29 is 9.59 Å². The zero-order chi connectivity index (χ0) is 22.6. The SMILES string of the molecule is Cc1cc(N)nc(NC(=O)NCCCNCCCNC(=O)Nc2nc(C)cc(N)n2)n1. The molecule has 13 heteroatoms. The topological polar surface area (TPSA) is 198 Å². The van der Waals surface area contributed by atoms with Crippen LogP contribution in [0.15, 0.2) is 12.1 Å². The minimum Gasteiger partial charge on any atom is -0.384 e. The number of nitrogen functional groups attached to an aromatic ring is 2. The van der Waals surface area contributed by atoms with Gasteiger partial charge in [-0.1, -0.05) is 0 Å². The lowest BCUT2D eigenvalue weighted by molar-refractivity contribution is 0.251. The van der Waals surface area contributed by atoms with Gasteiger partial charge in [0.2, 0.25) is 11.9 Å². The zero-order valence-electron chi connectivity index (χ0n) is 17.7. The molecule has 0 spiro atoms. The molecule has 2 heterocycles. The van der Waals surface area contributed by atoms with Crippen LogP contribution in [0.2, 0.25) is 0 Å². The number of carbonyl (C=O) groups is 2. The maximum atomic E-state index is 11.8. The van der Waals surface area contributed by atoms with Crippen LogP contribution in [0.4, 0.5) is 33.1 Å². The number of aryl methyl sites for hydroxylation is 2. The number of amides is 4. The van der Waals surface area contributed by atoms with Gasteiger partial charge in [0, 0.05) is 36.6 Å². The number of hydrogen-bond acceptors (Lipinski definition) is 9. The monoisotopic (exact) mass is 431 g/mol. The minimum absolute atomic E-state index is 0.169. The predicted molar refractivity (Wildman–Crippen MR) is 119 cm³/mol. The van der Waals surface area contributed by atoms with Gasteiger partial charge in [-0.3, -0.25) is 10.6 Å². The van der Waals surface area contributed by atoms with Crippen LogP contribution in [0.5, 0.6) is 0 Å². The van der Waals surface area contributed by atoms with E-state index in [9.17, 15) is 9.59 Å². The van der Waals surface area contributed by atoms with E-state index >= 15 is 0 Å². The molecule has 0 aliphatic carbocycles. The summed E-state index contributed by atoms with van der Waals surface area (Å²) in [6.07, 6.45) is 1.48. The van der Waals surface area contributed by atoms with Crippen LogP contribution >= 0.6 is 0 Å². The Balaban J connectivity index is 1.48. The molecule has 9 N–H and O–H groups in total. The molecular formula is C18H29N11O2. The Labute approximate surface area is 180 Å². The number of aromatic nitrogens is 4. The second-order valence-electron chi connectivity index (χ2n) is 6.73. The van der Waals surface area contributed by atoms with Crippen molar-refractivity contribution in [2.45, 2.75) is 26.7 Å². The van der Waals surface area contributed by atoms with Gasteiger partial charge in [-0.2, -0.15) is 9.97 Å². The molecular weight excluding hydrogens is 402 g/mol.